The zero-order valence-corrected chi connectivity index (χ0v) is 21.5. The van der Waals surface area contributed by atoms with E-state index in [0.29, 0.717) is 0 Å². The van der Waals surface area contributed by atoms with E-state index in [0.717, 1.165) is 88.8 Å². The first kappa shape index (κ1) is 23.3. The number of fused-ring (bicyclic) bond motifs is 3. The Morgan fingerprint density at radius 1 is 0.974 bits per heavy atom. The van der Waals surface area contributed by atoms with E-state index in [4.69, 9.17) is 4.98 Å². The number of nitrogens with zero attached hydrogens (tertiary/aromatic N) is 6. The summed E-state index contributed by atoms with van der Waals surface area (Å²) in [5.41, 5.74) is 7.24. The lowest BCUT2D eigenvalue weighted by atomic mass is 9.71. The third-order valence-electron chi connectivity index (χ3n) is 7.95. The predicted molar refractivity (Wildman–Crippen MR) is 147 cm³/mol. The van der Waals surface area contributed by atoms with Crippen molar-refractivity contribution in [2.45, 2.75) is 37.8 Å². The topological polar surface area (TPSA) is 111 Å². The summed E-state index contributed by atoms with van der Waals surface area (Å²) in [6.45, 7) is 0.723. The molecule has 2 aliphatic rings. The van der Waals surface area contributed by atoms with Crippen LogP contribution in [0.1, 0.15) is 30.5 Å². The number of aryl methyl sites for hydroxylation is 2. The molecule has 0 saturated heterocycles. The van der Waals surface area contributed by atoms with E-state index in [1.54, 1.807) is 6.33 Å². The Labute approximate surface area is 225 Å². The van der Waals surface area contributed by atoms with Gasteiger partial charge in [0.25, 0.3) is 0 Å². The molecule has 5 aromatic rings. The molecule has 1 amide bonds. The van der Waals surface area contributed by atoms with Crippen LogP contribution >= 0.6 is 0 Å². The van der Waals surface area contributed by atoms with Crippen molar-refractivity contribution in [1.29, 1.82) is 0 Å². The Bertz CT molecular complexity index is 1700. The summed E-state index contributed by atoms with van der Waals surface area (Å²) in [6, 6.07) is 20.6. The van der Waals surface area contributed by atoms with Crippen LogP contribution in [0.5, 0.6) is 0 Å². The van der Waals surface area contributed by atoms with Crippen LogP contribution in [0.25, 0.3) is 45.3 Å². The first-order valence-electron chi connectivity index (χ1n) is 13.1. The lowest BCUT2D eigenvalue weighted by Gasteiger charge is -2.42. The third kappa shape index (κ3) is 3.89. The molecule has 2 N–H and O–H groups in total. The monoisotopic (exact) mass is 517 g/mol. The number of hydrogen-bond donors (Lipinski definition) is 2. The van der Waals surface area contributed by atoms with Crippen LogP contribution in [0.4, 0.5) is 4.79 Å². The predicted octanol–water partition coefficient (Wildman–Crippen LogP) is 5.28. The molecule has 194 valence electrons. The zero-order valence-electron chi connectivity index (χ0n) is 21.5. The third-order valence-corrected chi connectivity index (χ3v) is 7.95. The van der Waals surface area contributed by atoms with Gasteiger partial charge in [-0.15, -0.1) is 10.2 Å². The fourth-order valence-electron chi connectivity index (χ4n) is 5.81. The number of aromatic nitrogens is 6. The van der Waals surface area contributed by atoms with E-state index in [9.17, 15) is 9.90 Å². The normalized spacial score (nSPS) is 15.2. The van der Waals surface area contributed by atoms with E-state index in [1.165, 1.54) is 0 Å². The highest BCUT2D eigenvalue weighted by atomic mass is 16.4. The quantitative estimate of drug-likeness (QED) is 0.328. The van der Waals surface area contributed by atoms with Gasteiger partial charge in [0.05, 0.1) is 23.3 Å². The molecule has 1 saturated carbocycles. The van der Waals surface area contributed by atoms with Gasteiger partial charge in [-0.1, -0.05) is 54.6 Å². The summed E-state index contributed by atoms with van der Waals surface area (Å²) in [4.78, 5) is 21.1. The molecule has 0 atom stereocenters. The molecule has 3 aromatic heterocycles. The van der Waals surface area contributed by atoms with Gasteiger partial charge in [0, 0.05) is 42.9 Å². The minimum absolute atomic E-state index is 0.495. The molecule has 2 aromatic carbocycles. The largest absolute Gasteiger partial charge is 0.465 e. The molecule has 0 spiro atoms. The van der Waals surface area contributed by atoms with Crippen molar-refractivity contribution in [1.82, 2.24) is 34.6 Å². The lowest BCUT2D eigenvalue weighted by molar-refractivity contribution is 0.144. The number of amides is 1. The molecule has 1 aliphatic heterocycles. The van der Waals surface area contributed by atoms with E-state index < -0.39 is 11.6 Å². The molecular formula is C30H27N7O2. The highest BCUT2D eigenvalue weighted by Crippen LogP contribution is 2.43. The Morgan fingerprint density at radius 3 is 2.41 bits per heavy atom. The summed E-state index contributed by atoms with van der Waals surface area (Å²) in [5.74, 6) is 1.56. The standard InChI is InChI=1S/C30H27N7O2/c1-36-17-25(31-18-36)28-35-34-27-23-16-22(19-6-3-2-4-7-19)26(32-24(23)12-15-37(27)28)20-8-10-21(11-9-20)30(13-5-14-30)33-29(38)39/h2-4,6-11,16-18,33H,5,12-15H2,1H3,(H,38,39). The van der Waals surface area contributed by atoms with Gasteiger partial charge in [-0.25, -0.2) is 9.78 Å². The molecule has 9 nitrogen and oxygen atoms in total. The highest BCUT2D eigenvalue weighted by molar-refractivity contribution is 5.85. The Balaban J connectivity index is 1.33. The molecule has 39 heavy (non-hydrogen) atoms. The minimum atomic E-state index is -0.986. The first-order chi connectivity index (χ1) is 19.0. The summed E-state index contributed by atoms with van der Waals surface area (Å²) in [7, 11) is 1.94. The van der Waals surface area contributed by atoms with Crippen molar-refractivity contribution < 1.29 is 9.90 Å². The summed E-state index contributed by atoms with van der Waals surface area (Å²) in [5, 5.41) is 21.2. The van der Waals surface area contributed by atoms with Crippen LogP contribution < -0.4 is 5.32 Å². The smallest absolute Gasteiger partial charge is 0.405 e. The molecule has 0 unspecified atom stereocenters. The summed E-state index contributed by atoms with van der Waals surface area (Å²) < 4.78 is 4.04. The molecule has 1 fully saturated rings. The van der Waals surface area contributed by atoms with Crippen molar-refractivity contribution in [3.05, 3.63) is 84.4 Å². The van der Waals surface area contributed by atoms with Crippen molar-refractivity contribution in [2.24, 2.45) is 7.05 Å². The second-order valence-corrected chi connectivity index (χ2v) is 10.4. The van der Waals surface area contributed by atoms with Gasteiger partial charge in [-0.2, -0.15) is 0 Å². The average Bonchev–Trinajstić information content (AvgIpc) is 3.56. The second-order valence-electron chi connectivity index (χ2n) is 10.4. The second kappa shape index (κ2) is 8.90. The summed E-state index contributed by atoms with van der Waals surface area (Å²) in [6.07, 6.45) is 6.13. The number of pyridine rings is 1. The van der Waals surface area contributed by atoms with Gasteiger partial charge < -0.3 is 19.6 Å². The average molecular weight is 518 g/mol. The molecule has 1 aliphatic carbocycles. The van der Waals surface area contributed by atoms with Crippen LogP contribution in [-0.4, -0.2) is 40.5 Å². The fraction of sp³-hybridized carbons (Fsp3) is 0.233. The van der Waals surface area contributed by atoms with E-state index in [1.807, 2.05) is 48.1 Å². The Kier molecular flexibility index (Phi) is 5.33. The molecule has 0 radical (unpaired) electrons. The van der Waals surface area contributed by atoms with E-state index >= 15 is 0 Å². The number of imidazole rings is 1. The van der Waals surface area contributed by atoms with Gasteiger partial charge in [0.15, 0.2) is 11.6 Å². The van der Waals surface area contributed by atoms with Crippen molar-refractivity contribution >= 4 is 6.09 Å². The number of nitrogens with one attached hydrogen (secondary N) is 1. The first-order valence-corrected chi connectivity index (χ1v) is 13.1. The Morgan fingerprint density at radius 2 is 1.74 bits per heavy atom. The number of carbonyl (C=O) groups is 1. The van der Waals surface area contributed by atoms with E-state index in [-0.39, 0.29) is 0 Å². The van der Waals surface area contributed by atoms with Gasteiger partial charge in [0.2, 0.25) is 0 Å². The van der Waals surface area contributed by atoms with Crippen molar-refractivity contribution in [3.8, 4) is 45.3 Å². The van der Waals surface area contributed by atoms with Crippen LogP contribution in [0.3, 0.4) is 0 Å². The maximum absolute atomic E-state index is 11.4. The van der Waals surface area contributed by atoms with Crippen molar-refractivity contribution in [2.75, 3.05) is 0 Å². The van der Waals surface area contributed by atoms with Crippen LogP contribution in [0.2, 0.25) is 0 Å². The number of rotatable bonds is 5. The SMILES string of the molecule is Cn1cnc(-c2nnc3n2CCc2nc(-c4ccc(C5(NC(=O)O)CCC5)cc4)c(-c4ccccc4)cc2-3)c1. The van der Waals surface area contributed by atoms with E-state index in [2.05, 4.69) is 55.4 Å². The molecular weight excluding hydrogens is 490 g/mol. The minimum Gasteiger partial charge on any atom is -0.465 e. The van der Waals surface area contributed by atoms with Gasteiger partial charge in [0.1, 0.15) is 5.69 Å². The van der Waals surface area contributed by atoms with Crippen LogP contribution in [0, 0.1) is 0 Å². The number of benzene rings is 2. The van der Waals surface area contributed by atoms with Crippen molar-refractivity contribution in [3.63, 3.8) is 0 Å². The van der Waals surface area contributed by atoms with Crippen LogP contribution in [0.15, 0.2) is 73.2 Å². The van der Waals surface area contributed by atoms with Gasteiger partial charge in [-0.05, 0) is 36.5 Å². The molecule has 7 rings (SSSR count). The molecule has 0 bridgehead atoms. The van der Waals surface area contributed by atoms with Gasteiger partial charge >= 0.3 is 6.09 Å². The lowest BCUT2D eigenvalue weighted by Crippen LogP contribution is -2.50. The maximum atomic E-state index is 11.4. The fourth-order valence-corrected chi connectivity index (χ4v) is 5.81. The highest BCUT2D eigenvalue weighted by Gasteiger charge is 2.40. The Hall–Kier alpha value is -4.79. The van der Waals surface area contributed by atoms with Crippen LogP contribution in [-0.2, 0) is 25.6 Å². The molecule has 9 heteroatoms. The number of hydrogen-bond acceptors (Lipinski definition) is 5. The maximum Gasteiger partial charge on any atom is 0.405 e. The zero-order chi connectivity index (χ0) is 26.6. The van der Waals surface area contributed by atoms with Gasteiger partial charge in [-0.3, -0.25) is 4.98 Å². The summed E-state index contributed by atoms with van der Waals surface area (Å²) >= 11 is 0. The number of carboxylic acid groups (broad SMARTS) is 1. The molecule has 4 heterocycles.